The summed E-state index contributed by atoms with van der Waals surface area (Å²) >= 11 is 0. The maximum Gasteiger partial charge on any atom is 0.330 e. The zero-order chi connectivity index (χ0) is 19.1. The molecule has 0 amide bonds. The molecule has 0 heterocycles. The van der Waals surface area contributed by atoms with Gasteiger partial charge in [-0.05, 0) is 32.1 Å². The quantitative estimate of drug-likeness (QED) is 0.0948. The van der Waals surface area contributed by atoms with Crippen LogP contribution in [0.5, 0.6) is 0 Å². The van der Waals surface area contributed by atoms with Crippen LogP contribution in [0, 0.1) is 0 Å². The van der Waals surface area contributed by atoms with Crippen LogP contribution in [0.2, 0.25) is 0 Å². The molecule has 152 valence electrons. The van der Waals surface area contributed by atoms with Crippen molar-refractivity contribution in [2.24, 2.45) is 0 Å². The highest BCUT2D eigenvalue weighted by atomic mass is 16.5. The Morgan fingerprint density at radius 3 is 1.58 bits per heavy atom. The van der Waals surface area contributed by atoms with Crippen molar-refractivity contribution in [3.05, 3.63) is 24.8 Å². The second-order valence-corrected chi connectivity index (χ2v) is 7.37. The van der Waals surface area contributed by atoms with Gasteiger partial charge >= 0.3 is 5.97 Å². The fourth-order valence-corrected chi connectivity index (χ4v) is 3.11. The first-order chi connectivity index (χ1) is 12.8. The Balaban J connectivity index is 3.07. The minimum absolute atomic E-state index is 0.302. The van der Waals surface area contributed by atoms with Gasteiger partial charge in [-0.25, -0.2) is 4.79 Å². The number of unbranched alkanes of at least 4 members (excludes halogenated alkanes) is 15. The van der Waals surface area contributed by atoms with Crippen molar-refractivity contribution in [1.82, 2.24) is 0 Å². The standard InChI is InChI=1S/C24H44O2/c1-3-5-6-7-8-9-10-11-12-13-14-15-16-17-18-19-20-21-22-23-26-24(25)4-2/h4,8-9H,2-3,5-7,10-23H2,1H3/b9-8+. The molecule has 0 aromatic rings. The van der Waals surface area contributed by atoms with Crippen molar-refractivity contribution < 1.29 is 9.53 Å². The Morgan fingerprint density at radius 2 is 1.12 bits per heavy atom. The summed E-state index contributed by atoms with van der Waals surface area (Å²) in [6, 6.07) is 0. The van der Waals surface area contributed by atoms with Gasteiger partial charge in [-0.1, -0.05) is 103 Å². The van der Waals surface area contributed by atoms with Crippen molar-refractivity contribution in [3.63, 3.8) is 0 Å². The highest BCUT2D eigenvalue weighted by molar-refractivity contribution is 5.81. The van der Waals surface area contributed by atoms with E-state index in [1.54, 1.807) is 0 Å². The molecule has 0 unspecified atom stereocenters. The van der Waals surface area contributed by atoms with Crippen molar-refractivity contribution in [1.29, 1.82) is 0 Å². The number of allylic oxidation sites excluding steroid dienone is 2. The summed E-state index contributed by atoms with van der Waals surface area (Å²) < 4.78 is 4.96. The zero-order valence-corrected chi connectivity index (χ0v) is 17.5. The molecule has 0 N–H and O–H groups in total. The highest BCUT2D eigenvalue weighted by Crippen LogP contribution is 2.13. The molecule has 0 aliphatic carbocycles. The lowest BCUT2D eigenvalue weighted by Crippen LogP contribution is -2.01. The number of hydrogen-bond acceptors (Lipinski definition) is 2. The molecule has 2 heteroatoms. The molecule has 0 aromatic carbocycles. The lowest BCUT2D eigenvalue weighted by atomic mass is 10.0. The number of esters is 1. The van der Waals surface area contributed by atoms with Crippen LogP contribution in [0.15, 0.2) is 24.8 Å². The molecule has 0 atom stereocenters. The molecule has 0 spiro atoms. The molecule has 0 aliphatic heterocycles. The predicted octanol–water partition coefficient (Wildman–Crippen LogP) is 7.92. The Morgan fingerprint density at radius 1 is 0.692 bits per heavy atom. The lowest BCUT2D eigenvalue weighted by Gasteiger charge is -2.03. The fourth-order valence-electron chi connectivity index (χ4n) is 3.11. The third-order valence-electron chi connectivity index (χ3n) is 4.82. The summed E-state index contributed by atoms with van der Waals surface area (Å²) in [6.45, 7) is 6.19. The van der Waals surface area contributed by atoms with E-state index in [9.17, 15) is 4.79 Å². The van der Waals surface area contributed by atoms with Gasteiger partial charge in [-0.3, -0.25) is 0 Å². The van der Waals surface area contributed by atoms with Gasteiger partial charge in [0.15, 0.2) is 0 Å². The topological polar surface area (TPSA) is 26.3 Å². The monoisotopic (exact) mass is 364 g/mol. The predicted molar refractivity (Wildman–Crippen MR) is 114 cm³/mol. The third kappa shape index (κ3) is 21.0. The largest absolute Gasteiger partial charge is 0.463 e. The molecule has 0 saturated heterocycles. The number of ether oxygens (including phenoxy) is 1. The van der Waals surface area contributed by atoms with Crippen LogP contribution in [-0.4, -0.2) is 12.6 Å². The van der Waals surface area contributed by atoms with E-state index in [0.29, 0.717) is 6.61 Å². The van der Waals surface area contributed by atoms with Crippen LogP contribution in [-0.2, 0) is 9.53 Å². The smallest absolute Gasteiger partial charge is 0.330 e. The van der Waals surface area contributed by atoms with Crippen molar-refractivity contribution >= 4 is 5.97 Å². The minimum Gasteiger partial charge on any atom is -0.463 e. The number of carbonyl (C=O) groups excluding carboxylic acids is 1. The van der Waals surface area contributed by atoms with Gasteiger partial charge in [0.05, 0.1) is 6.61 Å². The van der Waals surface area contributed by atoms with Crippen LogP contribution in [0.3, 0.4) is 0 Å². The van der Waals surface area contributed by atoms with E-state index in [1.165, 1.54) is 102 Å². The van der Waals surface area contributed by atoms with Crippen molar-refractivity contribution in [2.75, 3.05) is 6.61 Å². The zero-order valence-electron chi connectivity index (χ0n) is 17.5. The fraction of sp³-hybridized carbons (Fsp3) is 0.792. The molecule has 0 aromatic heterocycles. The summed E-state index contributed by atoms with van der Waals surface area (Å²) in [4.78, 5) is 10.9. The second-order valence-electron chi connectivity index (χ2n) is 7.37. The van der Waals surface area contributed by atoms with Gasteiger partial charge in [-0.2, -0.15) is 0 Å². The molecule has 0 fully saturated rings. The lowest BCUT2D eigenvalue weighted by molar-refractivity contribution is -0.137. The van der Waals surface area contributed by atoms with E-state index in [1.807, 2.05) is 0 Å². The van der Waals surface area contributed by atoms with Gasteiger partial charge in [0.2, 0.25) is 0 Å². The molecule has 0 bridgehead atoms. The van der Waals surface area contributed by atoms with Gasteiger partial charge in [-0.15, -0.1) is 0 Å². The van der Waals surface area contributed by atoms with Crippen molar-refractivity contribution in [2.45, 2.75) is 116 Å². The number of rotatable bonds is 20. The molecule has 26 heavy (non-hydrogen) atoms. The van der Waals surface area contributed by atoms with Crippen LogP contribution in [0.25, 0.3) is 0 Å². The van der Waals surface area contributed by atoms with E-state index in [4.69, 9.17) is 4.74 Å². The minimum atomic E-state index is -0.302. The summed E-state index contributed by atoms with van der Waals surface area (Å²) in [5.41, 5.74) is 0. The van der Waals surface area contributed by atoms with Gasteiger partial charge in [0.1, 0.15) is 0 Å². The molecule has 0 aliphatic rings. The molecule has 0 radical (unpaired) electrons. The van der Waals surface area contributed by atoms with Gasteiger partial charge < -0.3 is 4.74 Å². The maximum absolute atomic E-state index is 10.9. The summed E-state index contributed by atoms with van der Waals surface area (Å²) in [5, 5.41) is 0. The van der Waals surface area contributed by atoms with Crippen LogP contribution in [0.4, 0.5) is 0 Å². The summed E-state index contributed by atoms with van der Waals surface area (Å²) in [6.07, 6.45) is 28.5. The van der Waals surface area contributed by atoms with E-state index in [-0.39, 0.29) is 5.97 Å². The van der Waals surface area contributed by atoms with E-state index in [0.717, 1.165) is 12.8 Å². The average molecular weight is 365 g/mol. The van der Waals surface area contributed by atoms with E-state index in [2.05, 4.69) is 25.7 Å². The molecule has 0 rings (SSSR count). The third-order valence-corrected chi connectivity index (χ3v) is 4.82. The van der Waals surface area contributed by atoms with Gasteiger partial charge in [0, 0.05) is 6.08 Å². The first-order valence-electron chi connectivity index (χ1n) is 11.3. The SMILES string of the molecule is C=CC(=O)OCCCCCCCCCCCCCC/C=C/CCCCC. The summed E-state index contributed by atoms with van der Waals surface area (Å²) in [5.74, 6) is -0.302. The first kappa shape index (κ1) is 24.9. The summed E-state index contributed by atoms with van der Waals surface area (Å²) in [7, 11) is 0. The van der Waals surface area contributed by atoms with E-state index >= 15 is 0 Å². The molecular weight excluding hydrogens is 320 g/mol. The van der Waals surface area contributed by atoms with Gasteiger partial charge in [0.25, 0.3) is 0 Å². The Kier molecular flexibility index (Phi) is 21.1. The second kappa shape index (κ2) is 22.0. The molecular formula is C24H44O2. The molecule has 0 saturated carbocycles. The maximum atomic E-state index is 10.9. The highest BCUT2D eigenvalue weighted by Gasteiger charge is 1.96. The Bertz CT molecular complexity index is 333. The van der Waals surface area contributed by atoms with Crippen LogP contribution < -0.4 is 0 Å². The van der Waals surface area contributed by atoms with Crippen molar-refractivity contribution in [3.8, 4) is 0 Å². The average Bonchev–Trinajstić information content (AvgIpc) is 2.66. The molecule has 2 nitrogen and oxygen atoms in total. The first-order valence-corrected chi connectivity index (χ1v) is 11.3. The van der Waals surface area contributed by atoms with Crippen LogP contribution in [0.1, 0.15) is 116 Å². The normalized spacial score (nSPS) is 11.1. The number of carbonyl (C=O) groups is 1. The van der Waals surface area contributed by atoms with Crippen LogP contribution >= 0.6 is 0 Å². The Labute approximate surface area is 163 Å². The Hall–Kier alpha value is -1.05. The number of hydrogen-bond donors (Lipinski definition) is 0. The van der Waals surface area contributed by atoms with E-state index < -0.39 is 0 Å².